The summed E-state index contributed by atoms with van der Waals surface area (Å²) in [6.07, 6.45) is 1.54. The van der Waals surface area contributed by atoms with Crippen LogP contribution in [0.25, 0.3) is 0 Å². The van der Waals surface area contributed by atoms with Crippen LogP contribution in [0.5, 0.6) is 0 Å². The third-order valence-corrected chi connectivity index (χ3v) is 3.46. The molecular weight excluding hydrogens is 310 g/mol. The molecule has 0 spiro atoms. The van der Waals surface area contributed by atoms with Gasteiger partial charge in [0.15, 0.2) is 0 Å². The highest BCUT2D eigenvalue weighted by atomic mass is 35.5. The monoisotopic (exact) mass is 325 g/mol. The molecule has 0 amide bonds. The predicted octanol–water partition coefficient (Wildman–Crippen LogP) is 2.00. The van der Waals surface area contributed by atoms with E-state index in [2.05, 4.69) is 15.6 Å². The molecule has 0 radical (unpaired) electrons. The molecule has 1 aromatic carbocycles. The molecule has 118 valence electrons. The summed E-state index contributed by atoms with van der Waals surface area (Å²) in [5, 5.41) is 26.4. The summed E-state index contributed by atoms with van der Waals surface area (Å²) in [7, 11) is 1.78. The minimum Gasteiger partial charge on any atom is -0.395 e. The molecule has 2 aromatic rings. The Morgan fingerprint density at radius 2 is 2.18 bits per heavy atom. The molecule has 3 N–H and O–H groups in total. The Labute approximate surface area is 131 Å². The highest BCUT2D eigenvalue weighted by Crippen LogP contribution is 2.27. The number of nitro groups is 1. The number of imidazole rings is 1. The van der Waals surface area contributed by atoms with E-state index in [0.29, 0.717) is 35.4 Å². The molecular formula is C13H16ClN5O3. The van der Waals surface area contributed by atoms with Gasteiger partial charge >= 0.3 is 0 Å². The van der Waals surface area contributed by atoms with Crippen LogP contribution in [-0.2, 0) is 13.6 Å². The Morgan fingerprint density at radius 3 is 2.77 bits per heavy atom. The molecule has 1 aromatic heterocycles. The number of anilines is 2. The Bertz CT molecular complexity index is 674. The number of nitrogens with one attached hydrogen (secondary N) is 2. The number of aliphatic hydroxyl groups is 1. The first-order valence-corrected chi connectivity index (χ1v) is 6.94. The van der Waals surface area contributed by atoms with E-state index in [9.17, 15) is 10.1 Å². The van der Waals surface area contributed by atoms with E-state index >= 15 is 0 Å². The van der Waals surface area contributed by atoms with Crippen LogP contribution in [0, 0.1) is 10.1 Å². The number of nitro benzene ring substituents is 1. The van der Waals surface area contributed by atoms with E-state index in [1.807, 2.05) is 0 Å². The second-order valence-corrected chi connectivity index (χ2v) is 4.93. The topological polar surface area (TPSA) is 105 Å². The number of nitrogens with zero attached hydrogens (tertiary/aromatic N) is 3. The van der Waals surface area contributed by atoms with Crippen LogP contribution in [0.3, 0.4) is 0 Å². The van der Waals surface area contributed by atoms with Crippen molar-refractivity contribution in [1.29, 1.82) is 0 Å². The van der Waals surface area contributed by atoms with Crippen LogP contribution in [0.1, 0.15) is 5.82 Å². The lowest BCUT2D eigenvalue weighted by molar-refractivity contribution is -0.384. The van der Waals surface area contributed by atoms with Crippen molar-refractivity contribution in [1.82, 2.24) is 9.55 Å². The average Bonchev–Trinajstić information content (AvgIpc) is 2.82. The SMILES string of the molecule is Cn1c(Cl)cnc1CNc1cc([N+](=O)[O-])ccc1NCCO. The van der Waals surface area contributed by atoms with Crippen LogP contribution in [0.2, 0.25) is 5.15 Å². The van der Waals surface area contributed by atoms with Gasteiger partial charge < -0.3 is 20.3 Å². The molecule has 0 saturated heterocycles. The third kappa shape index (κ3) is 3.66. The quantitative estimate of drug-likeness (QED) is 0.531. The van der Waals surface area contributed by atoms with Gasteiger partial charge in [-0.25, -0.2) is 4.98 Å². The predicted molar refractivity (Wildman–Crippen MR) is 84.2 cm³/mol. The van der Waals surface area contributed by atoms with Gasteiger partial charge in [0.25, 0.3) is 5.69 Å². The lowest BCUT2D eigenvalue weighted by Gasteiger charge is -2.13. The van der Waals surface area contributed by atoms with Crippen LogP contribution in [-0.4, -0.2) is 32.7 Å². The molecule has 0 unspecified atom stereocenters. The van der Waals surface area contributed by atoms with Gasteiger partial charge in [0.05, 0.1) is 35.6 Å². The van der Waals surface area contributed by atoms with E-state index in [4.69, 9.17) is 16.7 Å². The van der Waals surface area contributed by atoms with Crippen molar-refractivity contribution >= 4 is 28.7 Å². The summed E-state index contributed by atoms with van der Waals surface area (Å²) < 4.78 is 1.72. The molecule has 2 rings (SSSR count). The highest BCUT2D eigenvalue weighted by molar-refractivity contribution is 6.29. The van der Waals surface area contributed by atoms with Crippen molar-refractivity contribution in [3.63, 3.8) is 0 Å². The summed E-state index contributed by atoms with van der Waals surface area (Å²) >= 11 is 5.92. The second-order valence-electron chi connectivity index (χ2n) is 4.55. The fourth-order valence-electron chi connectivity index (χ4n) is 1.90. The van der Waals surface area contributed by atoms with Gasteiger partial charge in [-0.15, -0.1) is 0 Å². The van der Waals surface area contributed by atoms with Crippen LogP contribution in [0.15, 0.2) is 24.4 Å². The number of benzene rings is 1. The smallest absolute Gasteiger partial charge is 0.271 e. The van der Waals surface area contributed by atoms with Crippen molar-refractivity contribution in [3.05, 3.63) is 45.5 Å². The van der Waals surface area contributed by atoms with E-state index < -0.39 is 4.92 Å². The van der Waals surface area contributed by atoms with Gasteiger partial charge in [0, 0.05) is 25.7 Å². The Hall–Kier alpha value is -2.32. The molecule has 9 heteroatoms. The first-order valence-electron chi connectivity index (χ1n) is 6.56. The summed E-state index contributed by atoms with van der Waals surface area (Å²) in [4.78, 5) is 14.6. The van der Waals surface area contributed by atoms with Gasteiger partial charge in [-0.3, -0.25) is 10.1 Å². The number of hydrogen-bond acceptors (Lipinski definition) is 6. The number of hydrogen-bond donors (Lipinski definition) is 3. The minimum atomic E-state index is -0.460. The van der Waals surface area contributed by atoms with E-state index in [-0.39, 0.29) is 12.3 Å². The summed E-state index contributed by atoms with van der Waals surface area (Å²) in [5.74, 6) is 0.699. The van der Waals surface area contributed by atoms with Crippen molar-refractivity contribution in [2.75, 3.05) is 23.8 Å². The number of halogens is 1. The maximum absolute atomic E-state index is 10.9. The average molecular weight is 326 g/mol. The van der Waals surface area contributed by atoms with E-state index in [0.717, 1.165) is 0 Å². The van der Waals surface area contributed by atoms with Gasteiger partial charge in [-0.2, -0.15) is 0 Å². The summed E-state index contributed by atoms with van der Waals surface area (Å²) in [5.41, 5.74) is 1.21. The van der Waals surface area contributed by atoms with Crippen molar-refractivity contribution < 1.29 is 10.0 Å². The Kier molecular flexibility index (Phi) is 5.18. The fourth-order valence-corrected chi connectivity index (χ4v) is 2.05. The molecule has 0 bridgehead atoms. The number of non-ortho nitro benzene ring substituents is 1. The fraction of sp³-hybridized carbons (Fsp3) is 0.308. The maximum Gasteiger partial charge on any atom is 0.271 e. The largest absolute Gasteiger partial charge is 0.395 e. The zero-order valence-corrected chi connectivity index (χ0v) is 12.7. The molecule has 0 saturated carbocycles. The number of aliphatic hydroxyl groups excluding tert-OH is 1. The van der Waals surface area contributed by atoms with Gasteiger partial charge in [0.1, 0.15) is 11.0 Å². The molecule has 22 heavy (non-hydrogen) atoms. The van der Waals surface area contributed by atoms with E-state index in [1.54, 1.807) is 17.7 Å². The molecule has 0 fully saturated rings. The summed E-state index contributed by atoms with van der Waals surface area (Å²) in [6.45, 7) is 0.671. The number of rotatable bonds is 7. The first kappa shape index (κ1) is 16.1. The molecule has 0 aliphatic rings. The van der Waals surface area contributed by atoms with Gasteiger partial charge in [-0.1, -0.05) is 11.6 Å². The minimum absolute atomic E-state index is 0.0186. The number of aromatic nitrogens is 2. The zero-order chi connectivity index (χ0) is 16.1. The Balaban J connectivity index is 2.20. The molecule has 0 atom stereocenters. The maximum atomic E-state index is 10.9. The van der Waals surface area contributed by atoms with Crippen LogP contribution in [0.4, 0.5) is 17.1 Å². The van der Waals surface area contributed by atoms with E-state index in [1.165, 1.54) is 18.3 Å². The molecule has 0 aliphatic heterocycles. The van der Waals surface area contributed by atoms with Crippen molar-refractivity contribution in [2.24, 2.45) is 7.05 Å². The lowest BCUT2D eigenvalue weighted by Crippen LogP contribution is -2.11. The Morgan fingerprint density at radius 1 is 1.41 bits per heavy atom. The van der Waals surface area contributed by atoms with Crippen LogP contribution < -0.4 is 10.6 Å². The third-order valence-electron chi connectivity index (χ3n) is 3.11. The molecule has 1 heterocycles. The standard InChI is InChI=1S/C13H16ClN5O3/c1-18-12(14)7-17-13(18)8-16-11-6-9(19(21)22)2-3-10(11)15-4-5-20/h2-3,6-7,15-16,20H,4-5,8H2,1H3. The zero-order valence-electron chi connectivity index (χ0n) is 11.9. The first-order chi connectivity index (χ1) is 10.5. The van der Waals surface area contributed by atoms with Gasteiger partial charge in [-0.05, 0) is 6.07 Å². The molecule has 8 nitrogen and oxygen atoms in total. The lowest BCUT2D eigenvalue weighted by atomic mass is 10.2. The highest BCUT2D eigenvalue weighted by Gasteiger charge is 2.12. The normalized spacial score (nSPS) is 10.5. The second kappa shape index (κ2) is 7.10. The van der Waals surface area contributed by atoms with Crippen molar-refractivity contribution in [3.8, 4) is 0 Å². The molecule has 0 aliphatic carbocycles. The van der Waals surface area contributed by atoms with Crippen molar-refractivity contribution in [2.45, 2.75) is 6.54 Å². The summed E-state index contributed by atoms with van der Waals surface area (Å²) in [6, 6.07) is 4.44. The van der Waals surface area contributed by atoms with Crippen LogP contribution >= 0.6 is 11.6 Å². The van der Waals surface area contributed by atoms with Gasteiger partial charge in [0.2, 0.25) is 0 Å².